The standard InChI is InChI=1S/C12H16N4O2S/c1-8-3-4-10(19(17)18)5-11(8)12(13-2)16-15-9-6-14-7-9/h3-5,9,14-15H,2,6-7H2,1H3,(H,17,18). The summed E-state index contributed by atoms with van der Waals surface area (Å²) >= 11 is -2.02. The number of hydrogen-bond acceptors (Lipinski definition) is 4. The second kappa shape index (κ2) is 6.05. The summed E-state index contributed by atoms with van der Waals surface area (Å²) in [5.41, 5.74) is 4.63. The second-order valence-electron chi connectivity index (χ2n) is 4.30. The molecule has 1 heterocycles. The molecule has 0 aromatic heterocycles. The number of hydrogen-bond donors (Lipinski definition) is 3. The van der Waals surface area contributed by atoms with E-state index in [0.717, 1.165) is 18.7 Å². The molecule has 1 aliphatic heterocycles. The Balaban J connectivity index is 2.27. The number of aryl methyl sites for hydroxylation is 1. The predicted octanol–water partition coefficient (Wildman–Crippen LogP) is 0.499. The highest BCUT2D eigenvalue weighted by Crippen LogP contribution is 2.15. The number of aliphatic imine (C=N–C) groups is 1. The molecule has 1 aromatic rings. The quantitative estimate of drug-likeness (QED) is 0.324. The molecule has 102 valence electrons. The van der Waals surface area contributed by atoms with E-state index >= 15 is 0 Å². The molecule has 1 fully saturated rings. The van der Waals surface area contributed by atoms with Crippen LogP contribution in [0, 0.1) is 6.92 Å². The van der Waals surface area contributed by atoms with E-state index in [9.17, 15) is 4.21 Å². The third-order valence-electron chi connectivity index (χ3n) is 2.94. The van der Waals surface area contributed by atoms with Gasteiger partial charge in [-0.2, -0.15) is 5.10 Å². The number of rotatable bonds is 4. The summed E-state index contributed by atoms with van der Waals surface area (Å²) in [5.74, 6) is 0.428. The normalized spacial score (nSPS) is 17.7. The summed E-state index contributed by atoms with van der Waals surface area (Å²) in [6.45, 7) is 7.13. The minimum Gasteiger partial charge on any atom is -0.312 e. The Morgan fingerprint density at radius 1 is 1.58 bits per heavy atom. The molecule has 0 spiro atoms. The summed E-state index contributed by atoms with van der Waals surface area (Å²) in [7, 11) is 0. The molecule has 6 nitrogen and oxygen atoms in total. The summed E-state index contributed by atoms with van der Waals surface area (Å²) in [4.78, 5) is 4.21. The molecule has 1 aromatic carbocycles. The zero-order chi connectivity index (χ0) is 13.8. The van der Waals surface area contributed by atoms with Crippen LogP contribution in [-0.4, -0.2) is 40.4 Å². The van der Waals surface area contributed by atoms with Gasteiger partial charge in [0, 0.05) is 18.7 Å². The highest BCUT2D eigenvalue weighted by Gasteiger charge is 2.16. The molecule has 1 saturated heterocycles. The van der Waals surface area contributed by atoms with Gasteiger partial charge >= 0.3 is 0 Å². The lowest BCUT2D eigenvalue weighted by molar-refractivity contribution is 0.374. The molecule has 1 aliphatic rings. The molecule has 3 N–H and O–H groups in total. The van der Waals surface area contributed by atoms with Crippen LogP contribution in [-0.2, 0) is 11.1 Å². The molecule has 0 bridgehead atoms. The maximum atomic E-state index is 11.1. The van der Waals surface area contributed by atoms with Crippen LogP contribution < -0.4 is 10.7 Å². The molecule has 1 unspecified atom stereocenters. The van der Waals surface area contributed by atoms with Gasteiger partial charge < -0.3 is 15.3 Å². The van der Waals surface area contributed by atoms with Gasteiger partial charge in [-0.3, -0.25) is 0 Å². The molecular formula is C12H16N4O2S. The van der Waals surface area contributed by atoms with E-state index in [1.807, 2.05) is 6.92 Å². The highest BCUT2D eigenvalue weighted by atomic mass is 32.2. The van der Waals surface area contributed by atoms with E-state index in [-0.39, 0.29) is 0 Å². The smallest absolute Gasteiger partial charge is 0.186 e. The van der Waals surface area contributed by atoms with Crippen molar-refractivity contribution < 1.29 is 8.76 Å². The predicted molar refractivity (Wildman–Crippen MR) is 76.1 cm³/mol. The maximum Gasteiger partial charge on any atom is 0.186 e. The number of hydrazone groups is 1. The third kappa shape index (κ3) is 3.25. The van der Waals surface area contributed by atoms with Crippen LogP contribution in [0.15, 0.2) is 33.2 Å². The monoisotopic (exact) mass is 280 g/mol. The lowest BCUT2D eigenvalue weighted by Crippen LogP contribution is -2.53. The fraction of sp³-hybridized carbons (Fsp3) is 0.333. The van der Waals surface area contributed by atoms with E-state index < -0.39 is 11.1 Å². The van der Waals surface area contributed by atoms with Crippen LogP contribution in [0.2, 0.25) is 0 Å². The van der Waals surface area contributed by atoms with Gasteiger partial charge in [0.05, 0.1) is 10.9 Å². The Morgan fingerprint density at radius 2 is 2.32 bits per heavy atom. The Kier molecular flexibility index (Phi) is 4.41. The van der Waals surface area contributed by atoms with Gasteiger partial charge in [-0.1, -0.05) is 6.07 Å². The van der Waals surface area contributed by atoms with Gasteiger partial charge in [0.25, 0.3) is 0 Å². The van der Waals surface area contributed by atoms with Gasteiger partial charge in [-0.05, 0) is 31.3 Å². The first-order valence-electron chi connectivity index (χ1n) is 5.84. The SMILES string of the molecule is C=NC(=NNC1CNC1)c1cc(S(=O)O)ccc1C. The average Bonchev–Trinajstić information content (AvgIpc) is 2.33. The molecule has 0 saturated carbocycles. The van der Waals surface area contributed by atoms with E-state index in [1.54, 1.807) is 18.2 Å². The van der Waals surface area contributed by atoms with Gasteiger partial charge in [-0.15, -0.1) is 0 Å². The van der Waals surface area contributed by atoms with Crippen LogP contribution in [0.3, 0.4) is 0 Å². The second-order valence-corrected chi connectivity index (χ2v) is 5.27. The van der Waals surface area contributed by atoms with Gasteiger partial charge in [0.2, 0.25) is 0 Å². The van der Waals surface area contributed by atoms with Crippen molar-refractivity contribution in [1.29, 1.82) is 0 Å². The summed E-state index contributed by atoms with van der Waals surface area (Å²) in [6, 6.07) is 5.29. The van der Waals surface area contributed by atoms with Crippen molar-refractivity contribution in [2.24, 2.45) is 10.1 Å². The first-order valence-corrected chi connectivity index (χ1v) is 6.95. The first-order chi connectivity index (χ1) is 9.11. The zero-order valence-corrected chi connectivity index (χ0v) is 11.4. The number of amidine groups is 1. The fourth-order valence-corrected chi connectivity index (χ4v) is 2.07. The highest BCUT2D eigenvalue weighted by molar-refractivity contribution is 7.79. The van der Waals surface area contributed by atoms with Crippen molar-refractivity contribution in [3.05, 3.63) is 29.3 Å². The van der Waals surface area contributed by atoms with Gasteiger partial charge in [0.15, 0.2) is 16.9 Å². The molecule has 0 aliphatic carbocycles. The summed E-state index contributed by atoms with van der Waals surface area (Å²) in [5, 5.41) is 7.34. The van der Waals surface area contributed by atoms with Crippen LogP contribution in [0.4, 0.5) is 0 Å². The Morgan fingerprint density at radius 3 is 2.84 bits per heavy atom. The van der Waals surface area contributed by atoms with Crippen molar-refractivity contribution in [1.82, 2.24) is 10.7 Å². The molecule has 2 rings (SSSR count). The molecule has 0 amide bonds. The minimum atomic E-state index is -2.02. The maximum absolute atomic E-state index is 11.1. The molecule has 0 radical (unpaired) electrons. The lowest BCUT2D eigenvalue weighted by Gasteiger charge is -2.26. The van der Waals surface area contributed by atoms with Crippen LogP contribution in [0.1, 0.15) is 11.1 Å². The van der Waals surface area contributed by atoms with Gasteiger partial charge in [0.1, 0.15) is 0 Å². The van der Waals surface area contributed by atoms with Crippen LogP contribution >= 0.6 is 0 Å². The van der Waals surface area contributed by atoms with E-state index in [4.69, 9.17) is 4.55 Å². The first kappa shape index (κ1) is 13.9. The van der Waals surface area contributed by atoms with Crippen molar-refractivity contribution >= 4 is 23.6 Å². The van der Waals surface area contributed by atoms with Crippen molar-refractivity contribution in [2.45, 2.75) is 17.9 Å². The topological polar surface area (TPSA) is 86.1 Å². The molecule has 1 atom stereocenters. The number of nitrogens with zero attached hydrogens (tertiary/aromatic N) is 2. The summed E-state index contributed by atoms with van der Waals surface area (Å²) < 4.78 is 20.2. The Labute approximate surface area is 114 Å². The number of nitrogens with one attached hydrogen (secondary N) is 2. The Bertz CT molecular complexity index is 541. The summed E-state index contributed by atoms with van der Waals surface area (Å²) in [6.07, 6.45) is 0. The van der Waals surface area contributed by atoms with Crippen LogP contribution in [0.25, 0.3) is 0 Å². The molecule has 19 heavy (non-hydrogen) atoms. The zero-order valence-electron chi connectivity index (χ0n) is 10.6. The Hall–Kier alpha value is -1.57. The fourth-order valence-electron chi connectivity index (χ4n) is 1.66. The third-order valence-corrected chi connectivity index (χ3v) is 3.59. The molecular weight excluding hydrogens is 264 g/mol. The van der Waals surface area contributed by atoms with E-state index in [0.29, 0.717) is 22.3 Å². The van der Waals surface area contributed by atoms with Crippen LogP contribution in [0.5, 0.6) is 0 Å². The van der Waals surface area contributed by atoms with E-state index in [1.165, 1.54) is 0 Å². The number of benzene rings is 1. The van der Waals surface area contributed by atoms with Crippen molar-refractivity contribution in [3.8, 4) is 0 Å². The van der Waals surface area contributed by atoms with Gasteiger partial charge in [-0.25, -0.2) is 9.20 Å². The minimum absolute atomic E-state index is 0.298. The van der Waals surface area contributed by atoms with Crippen molar-refractivity contribution in [2.75, 3.05) is 13.1 Å². The lowest BCUT2D eigenvalue weighted by atomic mass is 10.1. The van der Waals surface area contributed by atoms with Crippen molar-refractivity contribution in [3.63, 3.8) is 0 Å². The van der Waals surface area contributed by atoms with E-state index in [2.05, 4.69) is 27.6 Å². The largest absolute Gasteiger partial charge is 0.312 e. The average molecular weight is 280 g/mol. The molecule has 7 heteroatoms.